The van der Waals surface area contributed by atoms with Gasteiger partial charge < -0.3 is 5.32 Å². The number of ketones is 1. The zero-order valence-corrected chi connectivity index (χ0v) is 10.2. The first-order valence-corrected chi connectivity index (χ1v) is 6.04. The van der Waals surface area contributed by atoms with Crippen molar-refractivity contribution in [2.24, 2.45) is 0 Å². The molecule has 0 radical (unpaired) electrons. The van der Waals surface area contributed by atoms with Crippen LogP contribution in [0.1, 0.15) is 26.2 Å². The van der Waals surface area contributed by atoms with Crippen molar-refractivity contribution in [3.05, 3.63) is 29.5 Å². The molecule has 0 saturated carbocycles. The van der Waals surface area contributed by atoms with Gasteiger partial charge in [-0.25, -0.2) is 0 Å². The van der Waals surface area contributed by atoms with Crippen molar-refractivity contribution in [1.29, 1.82) is 0 Å². The van der Waals surface area contributed by atoms with Crippen molar-refractivity contribution in [3.63, 3.8) is 0 Å². The fourth-order valence-corrected chi connectivity index (χ4v) is 2.36. The number of Topliss-reactive ketones (excluding diaryl/α,β-unsaturated/α-hetero) is 1. The molecule has 3 rings (SSSR count). The largest absolute Gasteiger partial charge is 0.358 e. The lowest BCUT2D eigenvalue weighted by Gasteiger charge is -2.08. The summed E-state index contributed by atoms with van der Waals surface area (Å²) >= 11 is 0. The zero-order valence-electron chi connectivity index (χ0n) is 10.2. The molecule has 0 saturated heterocycles. The Morgan fingerprint density at radius 2 is 2.11 bits per heavy atom. The van der Waals surface area contributed by atoms with Gasteiger partial charge in [0.15, 0.2) is 5.78 Å². The SMILES string of the molecule is CC(=O)C1=C(Nc2ccc3n[nH]nc3c2)CCC1. The minimum atomic E-state index is 0.164. The number of benzene rings is 1. The number of anilines is 1. The fourth-order valence-electron chi connectivity index (χ4n) is 2.36. The van der Waals surface area contributed by atoms with Gasteiger partial charge in [0.25, 0.3) is 0 Å². The highest BCUT2D eigenvalue weighted by Crippen LogP contribution is 2.28. The number of allylic oxidation sites excluding steroid dienone is 2. The van der Waals surface area contributed by atoms with E-state index in [9.17, 15) is 4.79 Å². The van der Waals surface area contributed by atoms with E-state index in [1.165, 1.54) is 0 Å². The summed E-state index contributed by atoms with van der Waals surface area (Å²) in [6.45, 7) is 1.63. The molecule has 92 valence electrons. The van der Waals surface area contributed by atoms with Crippen LogP contribution in [0.2, 0.25) is 0 Å². The van der Waals surface area contributed by atoms with Crippen molar-refractivity contribution >= 4 is 22.5 Å². The van der Waals surface area contributed by atoms with Crippen LogP contribution >= 0.6 is 0 Å². The summed E-state index contributed by atoms with van der Waals surface area (Å²) < 4.78 is 0. The molecule has 0 fully saturated rings. The number of H-pyrrole nitrogens is 1. The number of nitrogens with zero attached hydrogens (tertiary/aromatic N) is 2. The molecule has 18 heavy (non-hydrogen) atoms. The maximum Gasteiger partial charge on any atom is 0.157 e. The van der Waals surface area contributed by atoms with E-state index < -0.39 is 0 Å². The second-order valence-corrected chi connectivity index (χ2v) is 4.52. The number of carbonyl (C=O) groups excluding carboxylic acids is 1. The highest BCUT2D eigenvalue weighted by atomic mass is 16.1. The highest BCUT2D eigenvalue weighted by Gasteiger charge is 2.18. The topological polar surface area (TPSA) is 70.7 Å². The lowest BCUT2D eigenvalue weighted by atomic mass is 10.1. The van der Waals surface area contributed by atoms with Crippen LogP contribution in [-0.4, -0.2) is 21.2 Å². The molecule has 5 nitrogen and oxygen atoms in total. The fraction of sp³-hybridized carbons (Fsp3) is 0.308. The van der Waals surface area contributed by atoms with Gasteiger partial charge in [-0.2, -0.15) is 15.4 Å². The molecule has 0 bridgehead atoms. The molecule has 0 amide bonds. The maximum absolute atomic E-state index is 11.5. The number of aromatic nitrogens is 3. The van der Waals surface area contributed by atoms with Crippen LogP contribution < -0.4 is 5.32 Å². The Balaban J connectivity index is 1.91. The van der Waals surface area contributed by atoms with Gasteiger partial charge in [0, 0.05) is 17.0 Å². The number of fused-ring (bicyclic) bond motifs is 1. The number of rotatable bonds is 3. The molecule has 0 spiro atoms. The summed E-state index contributed by atoms with van der Waals surface area (Å²) in [6, 6.07) is 5.79. The molecule has 0 aliphatic heterocycles. The summed E-state index contributed by atoms with van der Waals surface area (Å²) in [5.41, 5.74) is 4.59. The highest BCUT2D eigenvalue weighted by molar-refractivity contribution is 5.95. The van der Waals surface area contributed by atoms with E-state index in [4.69, 9.17) is 0 Å². The van der Waals surface area contributed by atoms with Gasteiger partial charge in [0.2, 0.25) is 0 Å². The van der Waals surface area contributed by atoms with Crippen molar-refractivity contribution in [1.82, 2.24) is 15.4 Å². The lowest BCUT2D eigenvalue weighted by Crippen LogP contribution is -2.03. The monoisotopic (exact) mass is 242 g/mol. The predicted molar refractivity (Wildman–Crippen MR) is 69.1 cm³/mol. The standard InChI is InChI=1S/C13H14N4O/c1-8(18)10-3-2-4-11(10)14-9-5-6-12-13(7-9)16-17-15-12/h5-7,14H,2-4H2,1H3,(H,15,16,17). The summed E-state index contributed by atoms with van der Waals surface area (Å²) in [5, 5.41) is 14.0. The molecule has 1 aliphatic rings. The minimum absolute atomic E-state index is 0.164. The molecule has 2 N–H and O–H groups in total. The molecule has 2 aromatic rings. The van der Waals surface area contributed by atoms with Crippen molar-refractivity contribution in [2.75, 3.05) is 5.32 Å². The van der Waals surface area contributed by atoms with Crippen LogP contribution in [0.25, 0.3) is 11.0 Å². The van der Waals surface area contributed by atoms with Gasteiger partial charge in [-0.3, -0.25) is 4.79 Å². The van der Waals surface area contributed by atoms with Gasteiger partial charge in [-0.1, -0.05) is 0 Å². The van der Waals surface area contributed by atoms with E-state index in [1.807, 2.05) is 18.2 Å². The first-order chi connectivity index (χ1) is 8.74. The van der Waals surface area contributed by atoms with E-state index in [1.54, 1.807) is 6.92 Å². The lowest BCUT2D eigenvalue weighted by molar-refractivity contribution is -0.113. The van der Waals surface area contributed by atoms with Crippen LogP contribution in [0.5, 0.6) is 0 Å². The Morgan fingerprint density at radius 1 is 1.28 bits per heavy atom. The first-order valence-electron chi connectivity index (χ1n) is 6.04. The third kappa shape index (κ3) is 1.88. The van der Waals surface area contributed by atoms with Crippen LogP contribution in [0.4, 0.5) is 5.69 Å². The Bertz CT molecular complexity index is 641. The van der Waals surface area contributed by atoms with Gasteiger partial charge in [-0.05, 0) is 44.4 Å². The molecule has 0 atom stereocenters. The first kappa shape index (κ1) is 11.0. The molecule has 5 heteroatoms. The summed E-state index contributed by atoms with van der Waals surface area (Å²) in [5.74, 6) is 0.164. The predicted octanol–water partition coefficient (Wildman–Crippen LogP) is 2.40. The van der Waals surface area contributed by atoms with E-state index in [0.29, 0.717) is 0 Å². The molecule has 1 aromatic heterocycles. The summed E-state index contributed by atoms with van der Waals surface area (Å²) in [4.78, 5) is 11.5. The smallest absolute Gasteiger partial charge is 0.157 e. The van der Waals surface area contributed by atoms with Gasteiger partial charge in [0.1, 0.15) is 11.0 Å². The molecule has 0 unspecified atom stereocenters. The van der Waals surface area contributed by atoms with Gasteiger partial charge in [0.05, 0.1) is 0 Å². The number of hydrogen-bond acceptors (Lipinski definition) is 4. The van der Waals surface area contributed by atoms with Crippen LogP contribution in [0, 0.1) is 0 Å². The average Bonchev–Trinajstić information content (AvgIpc) is 2.96. The van der Waals surface area contributed by atoms with Crippen molar-refractivity contribution in [2.45, 2.75) is 26.2 Å². The zero-order chi connectivity index (χ0) is 12.5. The quantitative estimate of drug-likeness (QED) is 0.867. The number of carbonyl (C=O) groups is 1. The molecule has 1 aromatic carbocycles. The maximum atomic E-state index is 11.5. The summed E-state index contributed by atoms with van der Waals surface area (Å²) in [6.07, 6.45) is 2.86. The van der Waals surface area contributed by atoms with Crippen LogP contribution in [-0.2, 0) is 4.79 Å². The van der Waals surface area contributed by atoms with E-state index >= 15 is 0 Å². The molecule has 1 heterocycles. The number of hydrogen-bond donors (Lipinski definition) is 2. The van der Waals surface area contributed by atoms with E-state index in [0.717, 1.165) is 47.3 Å². The molecular formula is C13H14N4O. The van der Waals surface area contributed by atoms with Crippen LogP contribution in [0.3, 0.4) is 0 Å². The third-order valence-electron chi connectivity index (χ3n) is 3.25. The van der Waals surface area contributed by atoms with Crippen molar-refractivity contribution in [3.8, 4) is 0 Å². The third-order valence-corrected chi connectivity index (χ3v) is 3.25. The summed E-state index contributed by atoms with van der Waals surface area (Å²) in [7, 11) is 0. The number of aromatic amines is 1. The van der Waals surface area contributed by atoms with Gasteiger partial charge >= 0.3 is 0 Å². The Hall–Kier alpha value is -2.17. The second kappa shape index (κ2) is 4.25. The van der Waals surface area contributed by atoms with Crippen molar-refractivity contribution < 1.29 is 4.79 Å². The normalized spacial score (nSPS) is 15.4. The molecule has 1 aliphatic carbocycles. The Kier molecular flexibility index (Phi) is 2.59. The average molecular weight is 242 g/mol. The Morgan fingerprint density at radius 3 is 2.94 bits per heavy atom. The van der Waals surface area contributed by atoms with Gasteiger partial charge in [-0.15, -0.1) is 0 Å². The second-order valence-electron chi connectivity index (χ2n) is 4.52. The van der Waals surface area contributed by atoms with E-state index in [2.05, 4.69) is 20.7 Å². The minimum Gasteiger partial charge on any atom is -0.358 e. The Labute approximate surface area is 104 Å². The number of nitrogens with one attached hydrogen (secondary N) is 2. The van der Waals surface area contributed by atoms with Crippen LogP contribution in [0.15, 0.2) is 29.5 Å². The molecular weight excluding hydrogens is 228 g/mol. The van der Waals surface area contributed by atoms with E-state index in [-0.39, 0.29) is 5.78 Å².